The molecule has 1 heterocycles. The number of benzene rings is 2. The van der Waals surface area contributed by atoms with Crippen molar-refractivity contribution in [2.24, 2.45) is 0 Å². The van der Waals surface area contributed by atoms with Gasteiger partial charge in [-0.15, -0.1) is 9.19 Å². The summed E-state index contributed by atoms with van der Waals surface area (Å²) in [7, 11) is -3.82. The summed E-state index contributed by atoms with van der Waals surface area (Å²) in [4.78, 5) is 0.152. The van der Waals surface area contributed by atoms with Crippen LogP contribution in [0.15, 0.2) is 59.5 Å². The van der Waals surface area contributed by atoms with Crippen LogP contribution >= 0.6 is 0 Å². The maximum absolute atomic E-state index is 12.7. The second-order valence-electron chi connectivity index (χ2n) is 4.95. The highest BCUT2D eigenvalue weighted by molar-refractivity contribution is 7.89. The van der Waals surface area contributed by atoms with Gasteiger partial charge in [0.05, 0.1) is 4.90 Å². The van der Waals surface area contributed by atoms with Gasteiger partial charge >= 0.3 is 0 Å². The van der Waals surface area contributed by atoms with E-state index in [1.54, 1.807) is 24.3 Å². The van der Waals surface area contributed by atoms with Crippen molar-refractivity contribution in [3.05, 3.63) is 71.5 Å². The molecule has 0 bridgehead atoms. The zero-order valence-electron chi connectivity index (χ0n) is 12.4. The second-order valence-corrected chi connectivity index (χ2v) is 6.71. The standard InChI is InChI=1S/C16H14N4O2S/c1-13-6-5-9-15(12-13)23(21,22)20-16(17-18-19-20)11-10-14-7-3-2-4-8-14/h2-12H,1H3/b11-10+. The maximum atomic E-state index is 12.7. The van der Waals surface area contributed by atoms with E-state index in [1.165, 1.54) is 6.07 Å². The normalized spacial score (nSPS) is 11.9. The van der Waals surface area contributed by atoms with Crippen molar-refractivity contribution in [3.63, 3.8) is 0 Å². The minimum absolute atomic E-state index is 0.148. The lowest BCUT2D eigenvalue weighted by Crippen LogP contribution is -2.16. The van der Waals surface area contributed by atoms with E-state index >= 15 is 0 Å². The number of aryl methyl sites for hydroxylation is 1. The highest BCUT2D eigenvalue weighted by Gasteiger charge is 2.21. The van der Waals surface area contributed by atoms with Crippen LogP contribution in [0, 0.1) is 6.92 Å². The highest BCUT2D eigenvalue weighted by Crippen LogP contribution is 2.16. The van der Waals surface area contributed by atoms with Crippen molar-refractivity contribution < 1.29 is 8.42 Å². The maximum Gasteiger partial charge on any atom is 0.286 e. The first-order valence-electron chi connectivity index (χ1n) is 6.91. The lowest BCUT2D eigenvalue weighted by atomic mass is 10.2. The smallest absolute Gasteiger partial charge is 0.199 e. The lowest BCUT2D eigenvalue weighted by Gasteiger charge is -2.05. The number of hydrogen-bond acceptors (Lipinski definition) is 5. The van der Waals surface area contributed by atoms with Gasteiger partial charge in [0.15, 0.2) is 5.82 Å². The number of rotatable bonds is 4. The fraction of sp³-hybridized carbons (Fsp3) is 0.0625. The summed E-state index contributed by atoms with van der Waals surface area (Å²) in [5.74, 6) is 0.148. The van der Waals surface area contributed by atoms with Crippen LogP contribution in [0.4, 0.5) is 0 Å². The Bertz CT molecular complexity index is 947. The Morgan fingerprint density at radius 3 is 2.52 bits per heavy atom. The minimum Gasteiger partial charge on any atom is -0.199 e. The average Bonchev–Trinajstić information content (AvgIpc) is 3.03. The molecule has 3 rings (SSSR count). The van der Waals surface area contributed by atoms with E-state index in [2.05, 4.69) is 15.5 Å². The molecule has 0 aliphatic carbocycles. The Morgan fingerprint density at radius 2 is 1.78 bits per heavy atom. The topological polar surface area (TPSA) is 77.7 Å². The van der Waals surface area contributed by atoms with Crippen LogP contribution in [0.25, 0.3) is 12.2 Å². The van der Waals surface area contributed by atoms with Gasteiger partial charge in [-0.2, -0.15) is 8.42 Å². The Balaban J connectivity index is 1.99. The molecule has 1 aromatic heterocycles. The predicted molar refractivity (Wildman–Crippen MR) is 86.9 cm³/mol. The Kier molecular flexibility index (Phi) is 4.03. The van der Waals surface area contributed by atoms with E-state index in [1.807, 2.05) is 43.3 Å². The van der Waals surface area contributed by atoms with Crippen LogP contribution < -0.4 is 0 Å². The molecule has 0 spiro atoms. The van der Waals surface area contributed by atoms with Crippen LogP contribution in [0.3, 0.4) is 0 Å². The van der Waals surface area contributed by atoms with Gasteiger partial charge < -0.3 is 0 Å². The largest absolute Gasteiger partial charge is 0.286 e. The zero-order valence-corrected chi connectivity index (χ0v) is 13.2. The molecule has 7 heteroatoms. The molecule has 0 amide bonds. The summed E-state index contributed by atoms with van der Waals surface area (Å²) in [6, 6.07) is 16.1. The zero-order chi connectivity index (χ0) is 16.3. The van der Waals surface area contributed by atoms with Crippen molar-refractivity contribution in [2.45, 2.75) is 11.8 Å². The van der Waals surface area contributed by atoms with E-state index in [4.69, 9.17) is 0 Å². The van der Waals surface area contributed by atoms with Gasteiger partial charge in [-0.3, -0.25) is 0 Å². The van der Waals surface area contributed by atoms with Crippen molar-refractivity contribution >= 4 is 22.2 Å². The summed E-state index contributed by atoms with van der Waals surface area (Å²) < 4.78 is 26.2. The van der Waals surface area contributed by atoms with Crippen LogP contribution in [0.2, 0.25) is 0 Å². The third kappa shape index (κ3) is 3.19. The summed E-state index contributed by atoms with van der Waals surface area (Å²) in [6.07, 6.45) is 3.33. The monoisotopic (exact) mass is 326 g/mol. The molecule has 0 saturated carbocycles. The molecular weight excluding hydrogens is 312 g/mol. The molecule has 0 aliphatic rings. The Labute approximate surface area is 134 Å². The van der Waals surface area contributed by atoms with Gasteiger partial charge in [0.2, 0.25) is 0 Å². The Hall–Kier alpha value is -2.80. The third-order valence-electron chi connectivity index (χ3n) is 3.20. The van der Waals surface area contributed by atoms with E-state index in [0.29, 0.717) is 0 Å². The summed E-state index contributed by atoms with van der Waals surface area (Å²) in [6.45, 7) is 1.83. The minimum atomic E-state index is -3.82. The molecule has 6 nitrogen and oxygen atoms in total. The molecule has 2 aromatic carbocycles. The lowest BCUT2D eigenvalue weighted by molar-refractivity contribution is 0.576. The van der Waals surface area contributed by atoms with Crippen molar-refractivity contribution in [2.75, 3.05) is 0 Å². The fourth-order valence-electron chi connectivity index (χ4n) is 2.07. The van der Waals surface area contributed by atoms with Gasteiger partial charge in [-0.25, -0.2) is 0 Å². The van der Waals surface area contributed by atoms with Crippen LogP contribution in [-0.2, 0) is 10.0 Å². The molecule has 0 aliphatic heterocycles. The molecular formula is C16H14N4O2S. The van der Waals surface area contributed by atoms with Crippen LogP contribution in [0.1, 0.15) is 17.0 Å². The molecule has 0 saturated heterocycles. The number of hydrogen-bond donors (Lipinski definition) is 0. The van der Waals surface area contributed by atoms with Gasteiger partial charge in [-0.1, -0.05) is 48.5 Å². The number of aromatic nitrogens is 4. The van der Waals surface area contributed by atoms with E-state index in [9.17, 15) is 8.42 Å². The number of tetrazole rings is 1. The van der Waals surface area contributed by atoms with Gasteiger partial charge in [-0.05, 0) is 46.7 Å². The van der Waals surface area contributed by atoms with E-state index < -0.39 is 10.0 Å². The van der Waals surface area contributed by atoms with Crippen LogP contribution in [0.5, 0.6) is 0 Å². The van der Waals surface area contributed by atoms with Crippen LogP contribution in [-0.4, -0.2) is 28.0 Å². The first-order valence-corrected chi connectivity index (χ1v) is 8.35. The molecule has 23 heavy (non-hydrogen) atoms. The predicted octanol–water partition coefficient (Wildman–Crippen LogP) is 2.39. The van der Waals surface area contributed by atoms with Gasteiger partial charge in [0.25, 0.3) is 10.0 Å². The second kappa shape index (κ2) is 6.13. The highest BCUT2D eigenvalue weighted by atomic mass is 32.2. The molecule has 0 N–H and O–H groups in total. The van der Waals surface area contributed by atoms with E-state index in [-0.39, 0.29) is 10.7 Å². The third-order valence-corrected chi connectivity index (χ3v) is 4.77. The van der Waals surface area contributed by atoms with Crippen molar-refractivity contribution in [3.8, 4) is 0 Å². The first kappa shape index (κ1) is 15.1. The first-order chi connectivity index (χ1) is 11.1. The summed E-state index contributed by atoms with van der Waals surface area (Å²) >= 11 is 0. The molecule has 3 aromatic rings. The molecule has 0 unspecified atom stereocenters. The molecule has 0 fully saturated rings. The number of nitrogens with zero attached hydrogens (tertiary/aromatic N) is 4. The average molecular weight is 326 g/mol. The van der Waals surface area contributed by atoms with Gasteiger partial charge in [0, 0.05) is 0 Å². The van der Waals surface area contributed by atoms with E-state index in [0.717, 1.165) is 15.2 Å². The quantitative estimate of drug-likeness (QED) is 0.735. The fourth-order valence-corrected chi connectivity index (χ4v) is 3.32. The molecule has 0 radical (unpaired) electrons. The van der Waals surface area contributed by atoms with Crippen molar-refractivity contribution in [1.29, 1.82) is 0 Å². The summed E-state index contributed by atoms with van der Waals surface area (Å²) in [5, 5.41) is 10.9. The van der Waals surface area contributed by atoms with Crippen molar-refractivity contribution in [1.82, 2.24) is 19.6 Å². The molecule has 116 valence electrons. The summed E-state index contributed by atoms with van der Waals surface area (Å²) in [5.41, 5.74) is 1.77. The SMILES string of the molecule is Cc1cccc(S(=O)(=O)n2nnnc2/C=C/c2ccccc2)c1. The van der Waals surface area contributed by atoms with Gasteiger partial charge in [0.1, 0.15) is 0 Å². The molecule has 0 atom stereocenters. The Morgan fingerprint density at radius 1 is 1.00 bits per heavy atom.